The van der Waals surface area contributed by atoms with E-state index in [9.17, 15) is 13.2 Å². The van der Waals surface area contributed by atoms with Crippen LogP contribution in [0.2, 0.25) is 0 Å². The molecule has 4 rings (SSSR count). The number of benzene rings is 1. The van der Waals surface area contributed by atoms with Gasteiger partial charge in [-0.05, 0) is 50.4 Å². The van der Waals surface area contributed by atoms with Crippen molar-refractivity contribution in [1.29, 1.82) is 0 Å². The Morgan fingerprint density at radius 1 is 0.778 bits per heavy atom. The number of piperazine rings is 1. The fraction of sp³-hybridized carbons (Fsp3) is 0.714. The zero-order valence-electron chi connectivity index (χ0n) is 15.9. The number of alkyl halides is 3. The van der Waals surface area contributed by atoms with Crippen LogP contribution in [0.25, 0.3) is 0 Å². The maximum absolute atomic E-state index is 13.0. The number of hydrogen-bond acceptors (Lipinski definition) is 3. The third kappa shape index (κ3) is 4.43. The average Bonchev–Trinajstić information content (AvgIpc) is 3.23. The summed E-state index contributed by atoms with van der Waals surface area (Å²) in [5.41, 5.74) is 0.141. The molecule has 1 aliphatic carbocycles. The van der Waals surface area contributed by atoms with Gasteiger partial charge in [0.1, 0.15) is 0 Å². The molecule has 27 heavy (non-hydrogen) atoms. The molecule has 3 nitrogen and oxygen atoms in total. The van der Waals surface area contributed by atoms with E-state index in [1.54, 1.807) is 6.07 Å². The zero-order valence-corrected chi connectivity index (χ0v) is 15.9. The van der Waals surface area contributed by atoms with E-state index in [0.717, 1.165) is 38.3 Å². The third-order valence-corrected chi connectivity index (χ3v) is 6.64. The largest absolute Gasteiger partial charge is 0.416 e. The van der Waals surface area contributed by atoms with Crippen LogP contribution in [-0.2, 0) is 6.18 Å². The summed E-state index contributed by atoms with van der Waals surface area (Å²) >= 11 is 0. The molecule has 3 fully saturated rings. The van der Waals surface area contributed by atoms with Crippen molar-refractivity contribution in [1.82, 2.24) is 9.80 Å². The summed E-state index contributed by atoms with van der Waals surface area (Å²) in [5, 5.41) is 0. The molecule has 0 radical (unpaired) electrons. The van der Waals surface area contributed by atoms with Crippen molar-refractivity contribution < 1.29 is 13.2 Å². The fourth-order valence-electron chi connectivity index (χ4n) is 5.11. The van der Waals surface area contributed by atoms with Gasteiger partial charge in [0.25, 0.3) is 0 Å². The Kier molecular flexibility index (Phi) is 5.65. The Morgan fingerprint density at radius 2 is 1.48 bits per heavy atom. The van der Waals surface area contributed by atoms with Crippen molar-refractivity contribution in [2.75, 3.05) is 44.2 Å². The van der Waals surface area contributed by atoms with E-state index in [1.807, 2.05) is 0 Å². The van der Waals surface area contributed by atoms with Gasteiger partial charge in [-0.3, -0.25) is 9.80 Å². The normalized spacial score (nSPS) is 26.6. The Bertz CT molecular complexity index is 619. The molecule has 1 aromatic carbocycles. The number of nitrogens with zero attached hydrogens (tertiary/aromatic N) is 3. The minimum absolute atomic E-state index is 0.554. The van der Waals surface area contributed by atoms with Crippen LogP contribution in [0.5, 0.6) is 0 Å². The standard InChI is InChI=1S/C21H30F3N3/c22-21(23,24)17-5-3-8-19(15-17)25-11-13-26(14-12-25)20-9-4-10-27(16-20)18-6-1-2-7-18/h3,5,8,15,18,20H,1-2,4,6-7,9-14,16H2/t20-/m0/s1. The first-order valence-electron chi connectivity index (χ1n) is 10.4. The van der Waals surface area contributed by atoms with Gasteiger partial charge in [0.05, 0.1) is 5.56 Å². The summed E-state index contributed by atoms with van der Waals surface area (Å²) in [5.74, 6) is 0. The van der Waals surface area contributed by atoms with Crippen LogP contribution in [-0.4, -0.2) is 61.2 Å². The maximum Gasteiger partial charge on any atom is 0.416 e. The number of piperidine rings is 1. The molecule has 0 bridgehead atoms. The van der Waals surface area contributed by atoms with Gasteiger partial charge in [0.2, 0.25) is 0 Å². The summed E-state index contributed by atoms with van der Waals surface area (Å²) in [7, 11) is 0. The molecule has 0 aromatic heterocycles. The zero-order chi connectivity index (χ0) is 18.9. The molecular formula is C21H30F3N3. The summed E-state index contributed by atoms with van der Waals surface area (Å²) in [6, 6.07) is 7.16. The number of rotatable bonds is 3. The van der Waals surface area contributed by atoms with Crippen molar-refractivity contribution in [3.05, 3.63) is 29.8 Å². The van der Waals surface area contributed by atoms with Gasteiger partial charge < -0.3 is 4.90 Å². The summed E-state index contributed by atoms with van der Waals surface area (Å²) in [4.78, 5) is 7.38. The first-order chi connectivity index (χ1) is 13.0. The highest BCUT2D eigenvalue weighted by atomic mass is 19.4. The Labute approximate surface area is 160 Å². The van der Waals surface area contributed by atoms with Crippen molar-refractivity contribution in [3.63, 3.8) is 0 Å². The van der Waals surface area contributed by atoms with Crippen LogP contribution in [0.1, 0.15) is 44.1 Å². The monoisotopic (exact) mass is 381 g/mol. The van der Waals surface area contributed by atoms with Crippen LogP contribution in [0.15, 0.2) is 24.3 Å². The molecule has 2 saturated heterocycles. The minimum Gasteiger partial charge on any atom is -0.369 e. The molecule has 0 unspecified atom stereocenters. The fourth-order valence-corrected chi connectivity index (χ4v) is 5.11. The highest BCUT2D eigenvalue weighted by molar-refractivity contribution is 5.49. The van der Waals surface area contributed by atoms with Crippen molar-refractivity contribution >= 4 is 5.69 Å². The molecule has 150 valence electrons. The van der Waals surface area contributed by atoms with Crippen LogP contribution in [0.3, 0.4) is 0 Å². The minimum atomic E-state index is -4.27. The molecule has 0 N–H and O–H groups in total. The van der Waals surface area contributed by atoms with Crippen molar-refractivity contribution in [2.24, 2.45) is 0 Å². The quantitative estimate of drug-likeness (QED) is 0.776. The molecule has 6 heteroatoms. The van der Waals surface area contributed by atoms with E-state index in [0.29, 0.717) is 11.7 Å². The lowest BCUT2D eigenvalue weighted by Gasteiger charge is -2.45. The molecule has 2 aliphatic heterocycles. The van der Waals surface area contributed by atoms with Gasteiger partial charge in [-0.25, -0.2) is 0 Å². The van der Waals surface area contributed by atoms with E-state index < -0.39 is 11.7 Å². The smallest absolute Gasteiger partial charge is 0.369 e. The molecule has 0 spiro atoms. The molecule has 1 atom stereocenters. The summed E-state index contributed by atoms with van der Waals surface area (Å²) < 4.78 is 38.9. The molecule has 0 amide bonds. The average molecular weight is 381 g/mol. The van der Waals surface area contributed by atoms with Gasteiger partial charge in [0.15, 0.2) is 0 Å². The highest BCUT2D eigenvalue weighted by Crippen LogP contribution is 2.32. The number of halogens is 3. The summed E-state index contributed by atoms with van der Waals surface area (Å²) in [6.07, 6.45) is 3.72. The van der Waals surface area contributed by atoms with Crippen LogP contribution >= 0.6 is 0 Å². The number of likely N-dealkylation sites (tertiary alicyclic amines) is 1. The Morgan fingerprint density at radius 3 is 2.19 bits per heavy atom. The van der Waals surface area contributed by atoms with E-state index in [1.165, 1.54) is 63.7 Å². The van der Waals surface area contributed by atoms with E-state index in [4.69, 9.17) is 0 Å². The first-order valence-corrected chi connectivity index (χ1v) is 10.4. The second-order valence-corrected chi connectivity index (χ2v) is 8.30. The second-order valence-electron chi connectivity index (χ2n) is 8.30. The van der Waals surface area contributed by atoms with E-state index in [-0.39, 0.29) is 0 Å². The van der Waals surface area contributed by atoms with Gasteiger partial charge in [0, 0.05) is 50.5 Å². The lowest BCUT2D eigenvalue weighted by molar-refractivity contribution is -0.137. The molecule has 1 saturated carbocycles. The van der Waals surface area contributed by atoms with Crippen LogP contribution in [0.4, 0.5) is 18.9 Å². The SMILES string of the molecule is FC(F)(F)c1cccc(N2CCN([C@H]3CCCN(C4CCCC4)C3)CC2)c1. The topological polar surface area (TPSA) is 9.72 Å². The lowest BCUT2D eigenvalue weighted by atomic mass is 10.0. The van der Waals surface area contributed by atoms with Crippen LogP contribution < -0.4 is 4.90 Å². The van der Waals surface area contributed by atoms with Gasteiger partial charge >= 0.3 is 6.18 Å². The Balaban J connectivity index is 1.33. The predicted octanol–water partition coefficient (Wildman–Crippen LogP) is 4.23. The molecular weight excluding hydrogens is 351 g/mol. The molecule has 3 aliphatic rings. The predicted molar refractivity (Wildman–Crippen MR) is 102 cm³/mol. The maximum atomic E-state index is 13.0. The van der Waals surface area contributed by atoms with E-state index >= 15 is 0 Å². The lowest BCUT2D eigenvalue weighted by Crippen LogP contribution is -2.56. The highest BCUT2D eigenvalue weighted by Gasteiger charge is 2.33. The second kappa shape index (κ2) is 8.00. The third-order valence-electron chi connectivity index (χ3n) is 6.64. The number of hydrogen-bond donors (Lipinski definition) is 0. The first kappa shape index (κ1) is 19.1. The van der Waals surface area contributed by atoms with Gasteiger partial charge in [-0.2, -0.15) is 13.2 Å². The molecule has 2 heterocycles. The molecule has 1 aromatic rings. The van der Waals surface area contributed by atoms with E-state index in [2.05, 4.69) is 14.7 Å². The van der Waals surface area contributed by atoms with Gasteiger partial charge in [-0.15, -0.1) is 0 Å². The van der Waals surface area contributed by atoms with Crippen LogP contribution in [0, 0.1) is 0 Å². The van der Waals surface area contributed by atoms with Crippen molar-refractivity contribution in [2.45, 2.75) is 56.8 Å². The van der Waals surface area contributed by atoms with Gasteiger partial charge in [-0.1, -0.05) is 18.9 Å². The Hall–Kier alpha value is -1.27. The number of anilines is 1. The summed E-state index contributed by atoms with van der Waals surface area (Å²) in [6.45, 7) is 5.92. The van der Waals surface area contributed by atoms with Crippen molar-refractivity contribution in [3.8, 4) is 0 Å².